The minimum atomic E-state index is 0.525. The molecule has 1 aromatic rings. The highest BCUT2D eigenvalue weighted by molar-refractivity contribution is 5.70. The van der Waals surface area contributed by atoms with E-state index in [1.807, 2.05) is 0 Å². The largest absolute Gasteiger partial charge is 0.395 e. The normalized spacial score (nSPS) is 15.5. The van der Waals surface area contributed by atoms with Crippen LogP contribution in [-0.4, -0.2) is 17.6 Å². The molecule has 1 fully saturated rings. The summed E-state index contributed by atoms with van der Waals surface area (Å²) < 4.78 is 0. The van der Waals surface area contributed by atoms with E-state index in [1.54, 1.807) is 12.3 Å². The molecule has 0 radical (unpaired) electrons. The first-order valence-corrected chi connectivity index (χ1v) is 7.54. The molecule has 4 heteroatoms. The Bertz CT molecular complexity index is 484. The molecule has 2 N–H and O–H groups in total. The molecule has 108 valence electrons. The number of aromatic nitrogens is 1. The van der Waals surface area contributed by atoms with Crippen molar-refractivity contribution in [2.75, 3.05) is 17.2 Å². The Morgan fingerprint density at radius 2 is 2.15 bits per heavy atom. The summed E-state index contributed by atoms with van der Waals surface area (Å²) in [5.41, 5.74) is 7.21. The van der Waals surface area contributed by atoms with Crippen molar-refractivity contribution in [1.82, 2.24) is 4.98 Å². The maximum absolute atomic E-state index is 9.13. The molecular weight excluding hydrogens is 248 g/mol. The molecule has 0 saturated heterocycles. The summed E-state index contributed by atoms with van der Waals surface area (Å²) in [6.45, 7) is 5.43. The number of nitrogens with zero attached hydrogens (tertiary/aromatic N) is 3. The van der Waals surface area contributed by atoms with Crippen molar-refractivity contribution >= 4 is 11.5 Å². The van der Waals surface area contributed by atoms with Gasteiger partial charge < -0.3 is 10.6 Å². The SMILES string of the molecule is CC(C)CCN(c1nccc(C#N)c1N)C1CCCC1. The van der Waals surface area contributed by atoms with E-state index in [4.69, 9.17) is 11.0 Å². The molecule has 0 unspecified atom stereocenters. The van der Waals surface area contributed by atoms with E-state index in [0.29, 0.717) is 23.2 Å². The van der Waals surface area contributed by atoms with E-state index in [1.165, 1.54) is 25.7 Å². The monoisotopic (exact) mass is 272 g/mol. The second-order valence-electron chi connectivity index (χ2n) is 6.02. The van der Waals surface area contributed by atoms with Crippen LogP contribution >= 0.6 is 0 Å². The van der Waals surface area contributed by atoms with E-state index in [2.05, 4.69) is 29.8 Å². The Labute approximate surface area is 121 Å². The van der Waals surface area contributed by atoms with Crippen LogP contribution in [0.3, 0.4) is 0 Å². The number of rotatable bonds is 5. The number of pyridine rings is 1. The van der Waals surface area contributed by atoms with Crippen molar-refractivity contribution in [3.63, 3.8) is 0 Å². The molecule has 4 nitrogen and oxygen atoms in total. The zero-order chi connectivity index (χ0) is 14.5. The number of hydrogen-bond acceptors (Lipinski definition) is 4. The fourth-order valence-corrected chi connectivity index (χ4v) is 2.86. The third kappa shape index (κ3) is 3.22. The van der Waals surface area contributed by atoms with Crippen molar-refractivity contribution in [2.45, 2.75) is 52.0 Å². The second-order valence-corrected chi connectivity index (χ2v) is 6.02. The van der Waals surface area contributed by atoms with Gasteiger partial charge in [-0.2, -0.15) is 5.26 Å². The van der Waals surface area contributed by atoms with Crippen molar-refractivity contribution in [1.29, 1.82) is 5.26 Å². The summed E-state index contributed by atoms with van der Waals surface area (Å²) >= 11 is 0. The number of anilines is 2. The average molecular weight is 272 g/mol. The predicted octanol–water partition coefficient (Wildman–Crippen LogP) is 3.33. The minimum absolute atomic E-state index is 0.525. The fourth-order valence-electron chi connectivity index (χ4n) is 2.86. The lowest BCUT2D eigenvalue weighted by Gasteiger charge is -2.31. The molecule has 1 heterocycles. The van der Waals surface area contributed by atoms with Gasteiger partial charge in [-0.3, -0.25) is 0 Å². The van der Waals surface area contributed by atoms with Gasteiger partial charge in [0.25, 0.3) is 0 Å². The second kappa shape index (κ2) is 6.60. The predicted molar refractivity (Wildman–Crippen MR) is 82.4 cm³/mol. The van der Waals surface area contributed by atoms with Gasteiger partial charge in [-0.25, -0.2) is 4.98 Å². The van der Waals surface area contributed by atoms with E-state index in [-0.39, 0.29) is 0 Å². The van der Waals surface area contributed by atoms with E-state index < -0.39 is 0 Å². The molecular formula is C16H24N4. The molecule has 1 saturated carbocycles. The van der Waals surface area contributed by atoms with Crippen molar-refractivity contribution in [3.8, 4) is 6.07 Å². The van der Waals surface area contributed by atoms with Crippen molar-refractivity contribution in [2.24, 2.45) is 5.92 Å². The van der Waals surface area contributed by atoms with E-state index in [0.717, 1.165) is 18.8 Å². The maximum atomic E-state index is 9.13. The molecule has 1 aromatic heterocycles. The van der Waals surface area contributed by atoms with Gasteiger partial charge in [0.1, 0.15) is 6.07 Å². The first-order valence-electron chi connectivity index (χ1n) is 7.54. The quantitative estimate of drug-likeness (QED) is 0.892. The lowest BCUT2D eigenvalue weighted by Crippen LogP contribution is -2.36. The third-order valence-electron chi connectivity index (χ3n) is 4.07. The fraction of sp³-hybridized carbons (Fsp3) is 0.625. The van der Waals surface area contributed by atoms with Gasteiger partial charge in [0.2, 0.25) is 0 Å². The minimum Gasteiger partial charge on any atom is -0.395 e. The van der Waals surface area contributed by atoms with Crippen LogP contribution in [0.4, 0.5) is 11.5 Å². The van der Waals surface area contributed by atoms with Crippen LogP contribution < -0.4 is 10.6 Å². The van der Waals surface area contributed by atoms with Crippen molar-refractivity contribution < 1.29 is 0 Å². The molecule has 0 aromatic carbocycles. The molecule has 0 aliphatic heterocycles. The van der Waals surface area contributed by atoms with Crippen LogP contribution in [0.15, 0.2) is 12.3 Å². The molecule has 1 aliphatic carbocycles. The first kappa shape index (κ1) is 14.6. The van der Waals surface area contributed by atoms with Gasteiger partial charge in [0, 0.05) is 18.8 Å². The lowest BCUT2D eigenvalue weighted by atomic mass is 10.1. The smallest absolute Gasteiger partial charge is 0.153 e. The van der Waals surface area contributed by atoms with Gasteiger partial charge in [0.15, 0.2) is 5.82 Å². The first-order chi connectivity index (χ1) is 9.63. The van der Waals surface area contributed by atoms with Crippen molar-refractivity contribution in [3.05, 3.63) is 17.8 Å². The third-order valence-corrected chi connectivity index (χ3v) is 4.07. The van der Waals surface area contributed by atoms with E-state index in [9.17, 15) is 0 Å². The molecule has 0 atom stereocenters. The molecule has 2 rings (SSSR count). The topological polar surface area (TPSA) is 65.9 Å². The highest BCUT2D eigenvalue weighted by Crippen LogP contribution is 2.32. The number of hydrogen-bond donors (Lipinski definition) is 1. The Morgan fingerprint density at radius 1 is 1.45 bits per heavy atom. The Hall–Kier alpha value is -1.76. The van der Waals surface area contributed by atoms with Gasteiger partial charge >= 0.3 is 0 Å². The molecule has 20 heavy (non-hydrogen) atoms. The summed E-state index contributed by atoms with van der Waals surface area (Å²) in [6.07, 6.45) is 7.78. The van der Waals surface area contributed by atoms with Gasteiger partial charge in [-0.1, -0.05) is 26.7 Å². The van der Waals surface area contributed by atoms with Crippen LogP contribution in [0.1, 0.15) is 51.5 Å². The molecule has 1 aliphatic rings. The van der Waals surface area contributed by atoms with Crippen LogP contribution in [0.5, 0.6) is 0 Å². The van der Waals surface area contributed by atoms with Crippen LogP contribution in [0.25, 0.3) is 0 Å². The Morgan fingerprint density at radius 3 is 2.75 bits per heavy atom. The van der Waals surface area contributed by atoms with E-state index >= 15 is 0 Å². The standard InChI is InChI=1S/C16H24N4/c1-12(2)8-10-20(14-5-3-4-6-14)16-15(18)13(11-17)7-9-19-16/h7,9,12,14H,3-6,8,10,18H2,1-2H3. The van der Waals surface area contributed by atoms with Crippen LogP contribution in [0, 0.1) is 17.2 Å². The zero-order valence-electron chi connectivity index (χ0n) is 12.5. The molecule has 0 bridgehead atoms. The summed E-state index contributed by atoms with van der Waals surface area (Å²) in [5, 5.41) is 9.13. The summed E-state index contributed by atoms with van der Waals surface area (Å²) in [4.78, 5) is 6.80. The number of nitriles is 1. The maximum Gasteiger partial charge on any atom is 0.153 e. The summed E-state index contributed by atoms with van der Waals surface area (Å²) in [5.74, 6) is 1.45. The van der Waals surface area contributed by atoms with Crippen LogP contribution in [0.2, 0.25) is 0 Å². The van der Waals surface area contributed by atoms with Gasteiger partial charge in [0.05, 0.1) is 11.3 Å². The molecule has 0 spiro atoms. The Balaban J connectivity index is 2.28. The summed E-state index contributed by atoms with van der Waals surface area (Å²) in [7, 11) is 0. The van der Waals surface area contributed by atoms with Gasteiger partial charge in [-0.05, 0) is 31.2 Å². The van der Waals surface area contributed by atoms with Gasteiger partial charge in [-0.15, -0.1) is 0 Å². The zero-order valence-corrected chi connectivity index (χ0v) is 12.5. The summed E-state index contributed by atoms with van der Waals surface area (Å²) in [6, 6.07) is 4.37. The highest BCUT2D eigenvalue weighted by Gasteiger charge is 2.25. The highest BCUT2D eigenvalue weighted by atomic mass is 15.2. The van der Waals surface area contributed by atoms with Crippen LogP contribution in [-0.2, 0) is 0 Å². The Kier molecular flexibility index (Phi) is 4.84. The number of nitrogens with two attached hydrogens (primary N) is 1. The number of nitrogen functional groups attached to an aromatic ring is 1. The lowest BCUT2D eigenvalue weighted by molar-refractivity contribution is 0.525. The molecule has 0 amide bonds. The average Bonchev–Trinajstić information content (AvgIpc) is 2.94.